The predicted octanol–water partition coefficient (Wildman–Crippen LogP) is 6.86. The molecule has 0 radical (unpaired) electrons. The van der Waals surface area contributed by atoms with E-state index in [4.69, 9.17) is 30.5 Å². The molecule has 2 aromatic carbocycles. The molecule has 2 aromatic heterocycles. The first-order chi connectivity index (χ1) is 26.5. The molecule has 1 atom stereocenters. The fraction of sp³-hybridized carbons (Fsp3) is 0.415. The largest absolute Gasteiger partial charge is 0.445 e. The molecule has 4 aromatic rings. The number of alkyl halides is 1. The van der Waals surface area contributed by atoms with Crippen LogP contribution in [0.4, 0.5) is 21.2 Å². The molecule has 3 aliphatic heterocycles. The van der Waals surface area contributed by atoms with Gasteiger partial charge in [0, 0.05) is 77.2 Å². The first-order valence-electron chi connectivity index (χ1n) is 18.6. The van der Waals surface area contributed by atoms with E-state index in [1.165, 1.54) is 0 Å². The highest BCUT2D eigenvalue weighted by Gasteiger charge is 2.24. The van der Waals surface area contributed by atoms with Gasteiger partial charge in [0.2, 0.25) is 0 Å². The van der Waals surface area contributed by atoms with Gasteiger partial charge < -0.3 is 38.5 Å². The lowest BCUT2D eigenvalue weighted by atomic mass is 10.2. The van der Waals surface area contributed by atoms with Crippen LogP contribution in [0.25, 0.3) is 0 Å². The highest BCUT2D eigenvalue weighted by Crippen LogP contribution is 2.20. The third-order valence-electron chi connectivity index (χ3n) is 9.48. The van der Waals surface area contributed by atoms with E-state index in [0.717, 1.165) is 85.9 Å². The summed E-state index contributed by atoms with van der Waals surface area (Å²) in [5, 5.41) is 0. The van der Waals surface area contributed by atoms with Crippen LogP contribution in [0.2, 0.25) is 0 Å². The summed E-state index contributed by atoms with van der Waals surface area (Å²) in [6.07, 6.45) is 6.20. The van der Waals surface area contributed by atoms with Crippen molar-refractivity contribution in [1.82, 2.24) is 19.8 Å². The Bertz CT molecular complexity index is 1730. The van der Waals surface area contributed by atoms with Crippen molar-refractivity contribution in [2.75, 3.05) is 68.8 Å². The number of amides is 2. The standard InChI is InChI=1S/C23H29N3O4.C18H20ClN3O2/c27-23(30-17-19-6-2-1-3-7-19)26-13-11-25(12-14-26)21-16-20(9-10-24-21)18-29-22-8-4-5-15-28-22;19-13-16-6-7-20-17(12-16)21-8-10-22(11-9-21)18(23)24-14-15-4-2-1-3-5-15/h1-3,6-7,9-10,16,22H,4-5,8,11-15,17-18H2;1-7,12H,8-11,13-14H2. The highest BCUT2D eigenvalue weighted by molar-refractivity contribution is 6.17. The summed E-state index contributed by atoms with van der Waals surface area (Å²) >= 11 is 5.87. The molecule has 286 valence electrons. The lowest BCUT2D eigenvalue weighted by Gasteiger charge is -2.35. The number of rotatable bonds is 10. The molecular formula is C41H49ClN6O6. The van der Waals surface area contributed by atoms with Crippen LogP contribution in [-0.4, -0.2) is 97.2 Å². The quantitative estimate of drug-likeness (QED) is 0.159. The topological polar surface area (TPSA) is 110 Å². The van der Waals surface area contributed by atoms with Crippen molar-refractivity contribution in [1.29, 1.82) is 0 Å². The van der Waals surface area contributed by atoms with Gasteiger partial charge in [-0.3, -0.25) is 0 Å². The Morgan fingerprint density at radius 2 is 1.13 bits per heavy atom. The molecule has 0 spiro atoms. The van der Waals surface area contributed by atoms with Gasteiger partial charge in [-0.15, -0.1) is 11.6 Å². The molecular weight excluding hydrogens is 708 g/mol. The van der Waals surface area contributed by atoms with E-state index in [1.807, 2.05) is 85.1 Å². The maximum absolute atomic E-state index is 12.3. The van der Waals surface area contributed by atoms with Crippen molar-refractivity contribution >= 4 is 35.4 Å². The van der Waals surface area contributed by atoms with E-state index in [9.17, 15) is 9.59 Å². The average molecular weight is 757 g/mol. The number of anilines is 2. The fourth-order valence-corrected chi connectivity index (χ4v) is 6.50. The summed E-state index contributed by atoms with van der Waals surface area (Å²) in [5.41, 5.74) is 4.11. The van der Waals surface area contributed by atoms with Gasteiger partial charge in [-0.05, 0) is 65.8 Å². The van der Waals surface area contributed by atoms with Crippen molar-refractivity contribution in [3.63, 3.8) is 0 Å². The number of carbonyl (C=O) groups is 2. The van der Waals surface area contributed by atoms with Gasteiger partial charge >= 0.3 is 12.2 Å². The van der Waals surface area contributed by atoms with E-state index >= 15 is 0 Å². The monoisotopic (exact) mass is 756 g/mol. The third-order valence-corrected chi connectivity index (χ3v) is 9.79. The lowest BCUT2D eigenvalue weighted by Crippen LogP contribution is -2.49. The van der Waals surface area contributed by atoms with Crippen LogP contribution in [0.1, 0.15) is 41.5 Å². The minimum absolute atomic E-state index is 0.0965. The number of benzene rings is 2. The Labute approximate surface area is 322 Å². The van der Waals surface area contributed by atoms with Gasteiger partial charge in [-0.1, -0.05) is 60.7 Å². The summed E-state index contributed by atoms with van der Waals surface area (Å²) in [5.74, 6) is 2.30. The smallest absolute Gasteiger partial charge is 0.410 e. The third kappa shape index (κ3) is 11.8. The zero-order valence-corrected chi connectivity index (χ0v) is 31.4. The number of pyridine rings is 2. The van der Waals surface area contributed by atoms with Crippen molar-refractivity contribution in [3.8, 4) is 0 Å². The van der Waals surface area contributed by atoms with Crippen LogP contribution in [0.5, 0.6) is 0 Å². The maximum Gasteiger partial charge on any atom is 0.410 e. The number of aromatic nitrogens is 2. The van der Waals surface area contributed by atoms with Gasteiger partial charge in [0.05, 0.1) is 6.61 Å². The first-order valence-corrected chi connectivity index (χ1v) is 19.2. The number of ether oxygens (including phenoxy) is 4. The summed E-state index contributed by atoms with van der Waals surface area (Å²) in [7, 11) is 0. The van der Waals surface area contributed by atoms with E-state index in [0.29, 0.717) is 51.9 Å². The van der Waals surface area contributed by atoms with Crippen molar-refractivity contribution in [3.05, 3.63) is 120 Å². The first kappa shape index (κ1) is 38.8. The molecule has 1 unspecified atom stereocenters. The number of nitrogens with zero attached hydrogens (tertiary/aromatic N) is 6. The lowest BCUT2D eigenvalue weighted by molar-refractivity contribution is -0.168. The molecule has 0 saturated carbocycles. The van der Waals surface area contributed by atoms with Gasteiger partial charge in [0.15, 0.2) is 6.29 Å². The molecule has 5 heterocycles. The molecule has 0 N–H and O–H groups in total. The van der Waals surface area contributed by atoms with Crippen molar-refractivity contribution in [2.45, 2.75) is 51.3 Å². The SMILES string of the molecule is O=C(OCc1ccccc1)N1CCN(c2cc(CCl)ccn2)CC1.O=C(OCc1ccccc1)N1CCN(c2cc(COC3CCCCO3)ccn2)CC1. The number of hydrogen-bond donors (Lipinski definition) is 0. The second-order valence-electron chi connectivity index (χ2n) is 13.3. The highest BCUT2D eigenvalue weighted by atomic mass is 35.5. The summed E-state index contributed by atoms with van der Waals surface area (Å²) < 4.78 is 22.3. The molecule has 2 amide bonds. The van der Waals surface area contributed by atoms with Crippen LogP contribution in [-0.2, 0) is 44.6 Å². The van der Waals surface area contributed by atoms with Crippen LogP contribution < -0.4 is 9.80 Å². The zero-order chi connectivity index (χ0) is 37.4. The molecule has 3 fully saturated rings. The Kier molecular flexibility index (Phi) is 14.7. The molecule has 7 rings (SSSR count). The molecule has 3 aliphatic rings. The Morgan fingerprint density at radius 3 is 1.61 bits per heavy atom. The summed E-state index contributed by atoms with van der Waals surface area (Å²) in [6, 6.07) is 27.4. The van der Waals surface area contributed by atoms with Gasteiger partial charge in [0.1, 0.15) is 24.8 Å². The Morgan fingerprint density at radius 1 is 0.630 bits per heavy atom. The molecule has 12 nitrogen and oxygen atoms in total. The minimum atomic E-state index is -0.263. The van der Waals surface area contributed by atoms with Crippen LogP contribution in [0.3, 0.4) is 0 Å². The summed E-state index contributed by atoms with van der Waals surface area (Å²) in [6.45, 7) is 7.31. The minimum Gasteiger partial charge on any atom is -0.445 e. The Balaban J connectivity index is 0.000000189. The average Bonchev–Trinajstić information content (AvgIpc) is 3.25. The maximum atomic E-state index is 12.3. The van der Waals surface area contributed by atoms with Crippen molar-refractivity contribution in [2.24, 2.45) is 0 Å². The Hall–Kier alpha value is -4.91. The van der Waals surface area contributed by atoms with Gasteiger partial charge in [-0.2, -0.15) is 0 Å². The number of hydrogen-bond acceptors (Lipinski definition) is 10. The van der Waals surface area contributed by atoms with Crippen LogP contribution in [0.15, 0.2) is 97.3 Å². The van der Waals surface area contributed by atoms with E-state index in [-0.39, 0.29) is 18.5 Å². The summed E-state index contributed by atoms with van der Waals surface area (Å²) in [4.78, 5) is 41.3. The zero-order valence-electron chi connectivity index (χ0n) is 30.6. The molecule has 13 heteroatoms. The molecule has 3 saturated heterocycles. The van der Waals surface area contributed by atoms with E-state index in [2.05, 4.69) is 25.8 Å². The molecule has 0 aliphatic carbocycles. The van der Waals surface area contributed by atoms with Crippen LogP contribution >= 0.6 is 11.6 Å². The van der Waals surface area contributed by atoms with E-state index < -0.39 is 0 Å². The van der Waals surface area contributed by atoms with Gasteiger partial charge in [-0.25, -0.2) is 19.6 Å². The molecule has 54 heavy (non-hydrogen) atoms. The van der Waals surface area contributed by atoms with Gasteiger partial charge in [0.25, 0.3) is 0 Å². The van der Waals surface area contributed by atoms with Crippen LogP contribution in [0, 0.1) is 0 Å². The fourth-order valence-electron chi connectivity index (χ4n) is 6.33. The second kappa shape index (κ2) is 20.5. The normalized spacial score (nSPS) is 17.3. The second-order valence-corrected chi connectivity index (χ2v) is 13.6. The van der Waals surface area contributed by atoms with Crippen molar-refractivity contribution < 1.29 is 28.5 Å². The number of piperazine rings is 2. The number of halogens is 1. The van der Waals surface area contributed by atoms with E-state index in [1.54, 1.807) is 16.0 Å². The number of carbonyl (C=O) groups excluding carboxylic acids is 2. The predicted molar refractivity (Wildman–Crippen MR) is 207 cm³/mol. The molecule has 0 bridgehead atoms.